The summed E-state index contributed by atoms with van der Waals surface area (Å²) in [6.07, 6.45) is 5.18. The average molecular weight is 247 g/mol. The Morgan fingerprint density at radius 2 is 2.28 bits per heavy atom. The first-order chi connectivity index (χ1) is 8.72. The summed E-state index contributed by atoms with van der Waals surface area (Å²) in [5, 5.41) is 0. The second kappa shape index (κ2) is 4.48. The summed E-state index contributed by atoms with van der Waals surface area (Å²) in [7, 11) is 0. The van der Waals surface area contributed by atoms with Gasteiger partial charge in [-0.3, -0.25) is 4.79 Å². The van der Waals surface area contributed by atoms with Crippen molar-refractivity contribution in [1.82, 2.24) is 4.98 Å². The number of hydrogen-bond donors (Lipinski definition) is 1. The number of hydrogen-bond acceptors (Lipinski definition) is 4. The van der Waals surface area contributed by atoms with Gasteiger partial charge in [0, 0.05) is 31.0 Å². The Balaban J connectivity index is 1.70. The van der Waals surface area contributed by atoms with Crippen molar-refractivity contribution in [1.29, 1.82) is 0 Å². The van der Waals surface area contributed by atoms with Crippen LogP contribution in [-0.2, 0) is 4.79 Å². The molecule has 0 aromatic carbocycles. The molecule has 0 bridgehead atoms. The molecule has 1 atom stereocenters. The van der Waals surface area contributed by atoms with E-state index in [0.29, 0.717) is 18.5 Å². The van der Waals surface area contributed by atoms with E-state index in [-0.39, 0.29) is 11.8 Å². The van der Waals surface area contributed by atoms with Crippen molar-refractivity contribution in [2.45, 2.75) is 25.4 Å². The van der Waals surface area contributed by atoms with Crippen LogP contribution in [0.2, 0.25) is 0 Å². The predicted octanol–water partition coefficient (Wildman–Crippen LogP) is 0.934. The van der Waals surface area contributed by atoms with Gasteiger partial charge in [0.25, 0.3) is 0 Å². The molecule has 2 N–H and O–H groups in total. The molecule has 1 aromatic rings. The Labute approximate surface area is 106 Å². The number of nitrogens with zero attached hydrogens (tertiary/aromatic N) is 2. The fourth-order valence-corrected chi connectivity index (χ4v) is 2.24. The highest BCUT2D eigenvalue weighted by molar-refractivity contribution is 5.78. The van der Waals surface area contributed by atoms with Gasteiger partial charge >= 0.3 is 0 Å². The Hall–Kier alpha value is -1.78. The average Bonchev–Trinajstić information content (AvgIpc) is 3.03. The first kappa shape index (κ1) is 11.3. The number of rotatable bonds is 4. The number of pyridine rings is 1. The summed E-state index contributed by atoms with van der Waals surface area (Å²) >= 11 is 0. The molecule has 0 radical (unpaired) electrons. The SMILES string of the molecule is NC(=O)C1CCN(c2ccnc(OC3CC3)c2)C1. The molecular weight excluding hydrogens is 230 g/mol. The first-order valence-corrected chi connectivity index (χ1v) is 6.39. The summed E-state index contributed by atoms with van der Waals surface area (Å²) < 4.78 is 5.67. The molecule has 1 saturated carbocycles. The molecule has 5 nitrogen and oxygen atoms in total. The number of carbonyl (C=O) groups excluding carboxylic acids is 1. The molecule has 1 aromatic heterocycles. The molecule has 1 aliphatic heterocycles. The Morgan fingerprint density at radius 1 is 1.44 bits per heavy atom. The van der Waals surface area contributed by atoms with Crippen LogP contribution in [0.3, 0.4) is 0 Å². The first-order valence-electron chi connectivity index (χ1n) is 6.39. The van der Waals surface area contributed by atoms with Gasteiger partial charge < -0.3 is 15.4 Å². The second-order valence-corrected chi connectivity index (χ2v) is 5.00. The molecule has 5 heteroatoms. The lowest BCUT2D eigenvalue weighted by molar-refractivity contribution is -0.121. The van der Waals surface area contributed by atoms with Crippen molar-refractivity contribution in [3.05, 3.63) is 18.3 Å². The number of amides is 1. The van der Waals surface area contributed by atoms with Crippen LogP contribution < -0.4 is 15.4 Å². The zero-order chi connectivity index (χ0) is 12.5. The Bertz CT molecular complexity index is 459. The summed E-state index contributed by atoms with van der Waals surface area (Å²) in [6.45, 7) is 1.56. The van der Waals surface area contributed by atoms with Gasteiger partial charge in [0.05, 0.1) is 5.92 Å². The van der Waals surface area contributed by atoms with Gasteiger partial charge in [0.1, 0.15) is 6.10 Å². The molecule has 2 aliphatic rings. The van der Waals surface area contributed by atoms with Gasteiger partial charge in [-0.1, -0.05) is 0 Å². The monoisotopic (exact) mass is 247 g/mol. The summed E-state index contributed by atoms with van der Waals surface area (Å²) in [6, 6.07) is 3.89. The van der Waals surface area contributed by atoms with Crippen LogP contribution in [0.1, 0.15) is 19.3 Å². The van der Waals surface area contributed by atoms with Gasteiger partial charge in [-0.05, 0) is 25.3 Å². The van der Waals surface area contributed by atoms with Crippen molar-refractivity contribution in [3.63, 3.8) is 0 Å². The molecule has 1 saturated heterocycles. The molecule has 2 fully saturated rings. The molecule has 3 rings (SSSR count). The quantitative estimate of drug-likeness (QED) is 0.859. The molecule has 96 valence electrons. The van der Waals surface area contributed by atoms with Gasteiger partial charge in [-0.2, -0.15) is 0 Å². The summed E-state index contributed by atoms with van der Waals surface area (Å²) in [5.41, 5.74) is 6.40. The highest BCUT2D eigenvalue weighted by atomic mass is 16.5. The Morgan fingerprint density at radius 3 is 2.94 bits per heavy atom. The number of nitrogens with two attached hydrogens (primary N) is 1. The topological polar surface area (TPSA) is 68.5 Å². The third-order valence-corrected chi connectivity index (χ3v) is 3.49. The van der Waals surface area contributed by atoms with Crippen LogP contribution in [-0.4, -0.2) is 30.1 Å². The van der Waals surface area contributed by atoms with Crippen molar-refractivity contribution < 1.29 is 9.53 Å². The van der Waals surface area contributed by atoms with E-state index in [2.05, 4.69) is 9.88 Å². The van der Waals surface area contributed by atoms with Crippen molar-refractivity contribution >= 4 is 11.6 Å². The molecule has 2 heterocycles. The maximum absolute atomic E-state index is 11.2. The van der Waals surface area contributed by atoms with Crippen LogP contribution in [0, 0.1) is 5.92 Å². The minimum atomic E-state index is -0.207. The molecule has 1 unspecified atom stereocenters. The zero-order valence-corrected chi connectivity index (χ0v) is 10.2. The fraction of sp³-hybridized carbons (Fsp3) is 0.538. The van der Waals surface area contributed by atoms with Crippen LogP contribution in [0.15, 0.2) is 18.3 Å². The lowest BCUT2D eigenvalue weighted by atomic mass is 10.1. The van der Waals surface area contributed by atoms with Crippen molar-refractivity contribution in [3.8, 4) is 5.88 Å². The van der Waals surface area contributed by atoms with Crippen LogP contribution in [0.25, 0.3) is 0 Å². The largest absolute Gasteiger partial charge is 0.474 e. The Kier molecular flexibility index (Phi) is 2.81. The van der Waals surface area contributed by atoms with Crippen LogP contribution in [0.5, 0.6) is 5.88 Å². The molecule has 1 amide bonds. The van der Waals surface area contributed by atoms with E-state index in [4.69, 9.17) is 10.5 Å². The highest BCUT2D eigenvalue weighted by Crippen LogP contribution is 2.29. The van der Waals surface area contributed by atoms with Crippen LogP contribution in [0.4, 0.5) is 5.69 Å². The maximum atomic E-state index is 11.2. The zero-order valence-electron chi connectivity index (χ0n) is 10.2. The standard InChI is InChI=1S/C13H17N3O2/c14-13(17)9-4-6-16(8-9)10-3-5-15-12(7-10)18-11-1-2-11/h3,5,7,9,11H,1-2,4,6,8H2,(H2,14,17). The molecule has 18 heavy (non-hydrogen) atoms. The van der Waals surface area contributed by atoms with E-state index in [9.17, 15) is 4.79 Å². The van der Waals surface area contributed by atoms with Gasteiger partial charge in [0.2, 0.25) is 11.8 Å². The predicted molar refractivity (Wildman–Crippen MR) is 67.4 cm³/mol. The highest BCUT2D eigenvalue weighted by Gasteiger charge is 2.28. The number of primary amides is 1. The lowest BCUT2D eigenvalue weighted by Crippen LogP contribution is -2.27. The fourth-order valence-electron chi connectivity index (χ4n) is 2.24. The van der Waals surface area contributed by atoms with Crippen LogP contribution >= 0.6 is 0 Å². The van der Waals surface area contributed by atoms with E-state index < -0.39 is 0 Å². The van der Waals surface area contributed by atoms with Gasteiger partial charge in [-0.15, -0.1) is 0 Å². The minimum Gasteiger partial charge on any atom is -0.474 e. The molecule has 0 spiro atoms. The minimum absolute atomic E-state index is 0.0361. The summed E-state index contributed by atoms with van der Waals surface area (Å²) in [5.74, 6) is 0.435. The number of carbonyl (C=O) groups is 1. The second-order valence-electron chi connectivity index (χ2n) is 5.00. The third kappa shape index (κ3) is 2.39. The van der Waals surface area contributed by atoms with E-state index in [1.165, 1.54) is 0 Å². The lowest BCUT2D eigenvalue weighted by Gasteiger charge is -2.18. The summed E-state index contributed by atoms with van der Waals surface area (Å²) in [4.78, 5) is 17.5. The number of aromatic nitrogens is 1. The number of ether oxygens (including phenoxy) is 1. The maximum Gasteiger partial charge on any atom is 0.222 e. The van der Waals surface area contributed by atoms with Gasteiger partial charge in [0.15, 0.2) is 0 Å². The van der Waals surface area contributed by atoms with E-state index in [0.717, 1.165) is 31.5 Å². The number of anilines is 1. The third-order valence-electron chi connectivity index (χ3n) is 3.49. The van der Waals surface area contributed by atoms with E-state index >= 15 is 0 Å². The molecular formula is C13H17N3O2. The molecule has 1 aliphatic carbocycles. The van der Waals surface area contributed by atoms with Crippen molar-refractivity contribution in [2.75, 3.05) is 18.0 Å². The smallest absolute Gasteiger partial charge is 0.222 e. The van der Waals surface area contributed by atoms with E-state index in [1.54, 1.807) is 6.20 Å². The van der Waals surface area contributed by atoms with Gasteiger partial charge in [-0.25, -0.2) is 4.98 Å². The van der Waals surface area contributed by atoms with Crippen molar-refractivity contribution in [2.24, 2.45) is 11.7 Å². The van der Waals surface area contributed by atoms with E-state index in [1.807, 2.05) is 12.1 Å². The normalized spacial score (nSPS) is 23.1.